The monoisotopic (exact) mass is 361 g/mol. The average molecular weight is 361 g/mol. The summed E-state index contributed by atoms with van der Waals surface area (Å²) in [5, 5.41) is 7.88. The number of para-hydroxylation sites is 1. The second-order valence-corrected chi connectivity index (χ2v) is 7.11. The molecule has 3 rings (SSSR count). The minimum atomic E-state index is -0.454. The molecule has 1 aromatic heterocycles. The van der Waals surface area contributed by atoms with Crippen LogP contribution in [0.5, 0.6) is 0 Å². The standard InChI is InChI=1S/C17H23N5O2S/c1-25-11-6-13(18)16(23)21-7-9-22(10-8-21)17(24)15-12-4-2-3-5-14(12)19-20-15/h2-5,13H,6-11,18H2,1H3,(H,19,20). The van der Waals surface area contributed by atoms with Gasteiger partial charge in [0.15, 0.2) is 5.69 Å². The van der Waals surface area contributed by atoms with Gasteiger partial charge in [-0.3, -0.25) is 14.7 Å². The minimum absolute atomic E-state index is 0.0219. The first kappa shape index (κ1) is 17.8. The van der Waals surface area contributed by atoms with Gasteiger partial charge in [-0.05, 0) is 24.5 Å². The van der Waals surface area contributed by atoms with Crippen molar-refractivity contribution in [3.63, 3.8) is 0 Å². The highest BCUT2D eigenvalue weighted by Gasteiger charge is 2.28. The Morgan fingerprint density at radius 3 is 2.64 bits per heavy atom. The van der Waals surface area contributed by atoms with Gasteiger partial charge in [-0.25, -0.2) is 0 Å². The Hall–Kier alpha value is -2.06. The zero-order chi connectivity index (χ0) is 17.8. The molecular weight excluding hydrogens is 338 g/mol. The Labute approximate surface area is 150 Å². The van der Waals surface area contributed by atoms with E-state index in [4.69, 9.17) is 5.73 Å². The molecule has 2 heterocycles. The lowest BCUT2D eigenvalue weighted by Gasteiger charge is -2.35. The fourth-order valence-corrected chi connectivity index (χ4v) is 3.50. The van der Waals surface area contributed by atoms with Crippen LogP contribution in [0.25, 0.3) is 10.9 Å². The van der Waals surface area contributed by atoms with Crippen molar-refractivity contribution in [2.24, 2.45) is 5.73 Å². The molecular formula is C17H23N5O2S. The Morgan fingerprint density at radius 2 is 1.92 bits per heavy atom. The van der Waals surface area contributed by atoms with Gasteiger partial charge >= 0.3 is 0 Å². The molecule has 2 amide bonds. The van der Waals surface area contributed by atoms with Crippen LogP contribution < -0.4 is 5.73 Å². The number of thioether (sulfide) groups is 1. The van der Waals surface area contributed by atoms with Crippen molar-refractivity contribution in [2.45, 2.75) is 12.5 Å². The lowest BCUT2D eigenvalue weighted by atomic mass is 10.1. The number of aromatic nitrogens is 2. The molecule has 0 spiro atoms. The number of nitrogens with two attached hydrogens (primary N) is 1. The summed E-state index contributed by atoms with van der Waals surface area (Å²) < 4.78 is 0. The molecule has 0 radical (unpaired) electrons. The number of piperazine rings is 1. The first-order chi connectivity index (χ1) is 12.1. The molecule has 0 saturated carbocycles. The van der Waals surface area contributed by atoms with Crippen LogP contribution in [-0.4, -0.2) is 76.0 Å². The van der Waals surface area contributed by atoms with E-state index in [1.807, 2.05) is 30.5 Å². The number of carbonyl (C=O) groups is 2. The zero-order valence-electron chi connectivity index (χ0n) is 14.3. The number of hydrogen-bond donors (Lipinski definition) is 2. The Kier molecular flexibility index (Phi) is 5.60. The lowest BCUT2D eigenvalue weighted by Crippen LogP contribution is -2.54. The van der Waals surface area contributed by atoms with E-state index in [0.717, 1.165) is 16.7 Å². The van der Waals surface area contributed by atoms with E-state index >= 15 is 0 Å². The Balaban J connectivity index is 1.60. The molecule has 8 heteroatoms. The van der Waals surface area contributed by atoms with Crippen LogP contribution in [0.2, 0.25) is 0 Å². The summed E-state index contributed by atoms with van der Waals surface area (Å²) in [6.45, 7) is 2.03. The maximum atomic E-state index is 12.7. The summed E-state index contributed by atoms with van der Waals surface area (Å²) in [5.41, 5.74) is 7.25. The number of fused-ring (bicyclic) bond motifs is 1. The van der Waals surface area contributed by atoms with Gasteiger partial charge in [0.25, 0.3) is 5.91 Å². The molecule has 1 aliphatic rings. The number of nitrogens with zero attached hydrogens (tertiary/aromatic N) is 3. The molecule has 1 aliphatic heterocycles. The van der Waals surface area contributed by atoms with Gasteiger partial charge in [0.2, 0.25) is 5.91 Å². The highest BCUT2D eigenvalue weighted by atomic mass is 32.2. The van der Waals surface area contributed by atoms with Crippen molar-refractivity contribution in [1.29, 1.82) is 0 Å². The minimum Gasteiger partial charge on any atom is -0.338 e. The third-order valence-corrected chi connectivity index (χ3v) is 5.15. The van der Waals surface area contributed by atoms with Crippen LogP contribution in [0, 0.1) is 0 Å². The largest absolute Gasteiger partial charge is 0.338 e. The average Bonchev–Trinajstić information content (AvgIpc) is 3.09. The molecule has 1 aromatic carbocycles. The molecule has 0 bridgehead atoms. The van der Waals surface area contributed by atoms with Gasteiger partial charge < -0.3 is 15.5 Å². The van der Waals surface area contributed by atoms with Crippen molar-refractivity contribution in [2.75, 3.05) is 38.2 Å². The molecule has 7 nitrogen and oxygen atoms in total. The lowest BCUT2D eigenvalue weighted by molar-refractivity contribution is -0.134. The summed E-state index contributed by atoms with van der Waals surface area (Å²) in [7, 11) is 0. The number of aromatic amines is 1. The molecule has 1 saturated heterocycles. The van der Waals surface area contributed by atoms with E-state index in [1.54, 1.807) is 21.6 Å². The van der Waals surface area contributed by atoms with Crippen molar-refractivity contribution >= 4 is 34.5 Å². The van der Waals surface area contributed by atoms with Crippen molar-refractivity contribution in [3.05, 3.63) is 30.0 Å². The van der Waals surface area contributed by atoms with Crippen LogP contribution >= 0.6 is 11.8 Å². The summed E-state index contributed by atoms with van der Waals surface area (Å²) in [6.07, 6.45) is 2.68. The topological polar surface area (TPSA) is 95.3 Å². The number of rotatable bonds is 5. The molecule has 134 valence electrons. The van der Waals surface area contributed by atoms with Crippen molar-refractivity contribution in [3.8, 4) is 0 Å². The fraction of sp³-hybridized carbons (Fsp3) is 0.471. The third-order valence-electron chi connectivity index (χ3n) is 4.50. The molecule has 0 aliphatic carbocycles. The normalized spacial score (nSPS) is 16.2. The Morgan fingerprint density at radius 1 is 1.24 bits per heavy atom. The molecule has 2 aromatic rings. The summed E-state index contributed by atoms with van der Waals surface area (Å²) in [4.78, 5) is 28.6. The molecule has 1 fully saturated rings. The number of H-pyrrole nitrogens is 1. The molecule has 1 unspecified atom stereocenters. The van der Waals surface area contributed by atoms with Gasteiger partial charge in [0, 0.05) is 31.6 Å². The number of nitrogens with one attached hydrogen (secondary N) is 1. The number of carbonyl (C=O) groups excluding carboxylic acids is 2. The second-order valence-electron chi connectivity index (χ2n) is 6.12. The van der Waals surface area contributed by atoms with Gasteiger partial charge in [-0.15, -0.1) is 0 Å². The fourth-order valence-electron chi connectivity index (χ4n) is 3.01. The zero-order valence-corrected chi connectivity index (χ0v) is 15.1. The van der Waals surface area contributed by atoms with Crippen LogP contribution in [0.3, 0.4) is 0 Å². The summed E-state index contributed by atoms with van der Waals surface area (Å²) in [5.74, 6) is 0.750. The first-order valence-electron chi connectivity index (χ1n) is 8.37. The maximum absolute atomic E-state index is 12.7. The van der Waals surface area contributed by atoms with E-state index < -0.39 is 6.04 Å². The SMILES string of the molecule is CSCCC(N)C(=O)N1CCN(C(=O)c2n[nH]c3ccccc23)CC1. The Bertz CT molecular complexity index is 754. The maximum Gasteiger partial charge on any atom is 0.275 e. The van der Waals surface area contributed by atoms with Gasteiger partial charge in [-0.2, -0.15) is 16.9 Å². The van der Waals surface area contributed by atoms with Gasteiger partial charge in [-0.1, -0.05) is 18.2 Å². The van der Waals surface area contributed by atoms with Crippen LogP contribution in [0.15, 0.2) is 24.3 Å². The smallest absolute Gasteiger partial charge is 0.275 e. The second kappa shape index (κ2) is 7.88. The number of hydrogen-bond acceptors (Lipinski definition) is 5. The molecule has 3 N–H and O–H groups in total. The van der Waals surface area contributed by atoms with Gasteiger partial charge in [0.1, 0.15) is 0 Å². The summed E-state index contributed by atoms with van der Waals surface area (Å²) >= 11 is 1.68. The highest BCUT2D eigenvalue weighted by Crippen LogP contribution is 2.18. The van der Waals surface area contributed by atoms with Crippen LogP contribution in [0.4, 0.5) is 0 Å². The van der Waals surface area contributed by atoms with E-state index in [1.165, 1.54) is 0 Å². The number of benzene rings is 1. The van der Waals surface area contributed by atoms with E-state index in [-0.39, 0.29) is 11.8 Å². The van der Waals surface area contributed by atoms with Gasteiger partial charge in [0.05, 0.1) is 11.6 Å². The predicted octanol–water partition coefficient (Wildman–Crippen LogP) is 0.928. The molecule has 1 atom stereocenters. The van der Waals surface area contributed by atoms with E-state index in [0.29, 0.717) is 38.3 Å². The predicted molar refractivity (Wildman–Crippen MR) is 99.6 cm³/mol. The quantitative estimate of drug-likeness (QED) is 0.826. The van der Waals surface area contributed by atoms with Crippen LogP contribution in [0.1, 0.15) is 16.9 Å². The van der Waals surface area contributed by atoms with Crippen molar-refractivity contribution < 1.29 is 9.59 Å². The third kappa shape index (κ3) is 3.80. The van der Waals surface area contributed by atoms with E-state index in [9.17, 15) is 9.59 Å². The molecule has 25 heavy (non-hydrogen) atoms. The first-order valence-corrected chi connectivity index (χ1v) is 9.77. The summed E-state index contributed by atoms with van der Waals surface area (Å²) in [6, 6.07) is 7.12. The highest BCUT2D eigenvalue weighted by molar-refractivity contribution is 7.98. The number of amides is 2. The van der Waals surface area contributed by atoms with Crippen molar-refractivity contribution in [1.82, 2.24) is 20.0 Å². The van der Waals surface area contributed by atoms with E-state index in [2.05, 4.69) is 10.2 Å². The van der Waals surface area contributed by atoms with Crippen LogP contribution in [-0.2, 0) is 4.79 Å².